The molecule has 1 N–H and O–H groups in total. The molecule has 1 aliphatic rings. The molecule has 116 valence electrons. The molecule has 0 spiro atoms. The minimum Gasteiger partial charge on any atom is -0.349 e. The van der Waals surface area contributed by atoms with Crippen molar-refractivity contribution in [3.8, 4) is 0 Å². The second-order valence-corrected chi connectivity index (χ2v) is 8.40. The second kappa shape index (κ2) is 5.81. The molecule has 4 nitrogen and oxygen atoms in total. The summed E-state index contributed by atoms with van der Waals surface area (Å²) in [6.07, 6.45) is 1.43. The van der Waals surface area contributed by atoms with Crippen LogP contribution < -0.4 is 5.32 Å². The molecular weight excluding hydrogens is 392 g/mol. The van der Waals surface area contributed by atoms with E-state index in [4.69, 9.17) is 10.7 Å². The van der Waals surface area contributed by atoms with E-state index in [0.717, 1.165) is 0 Å². The predicted octanol–water partition coefficient (Wildman–Crippen LogP) is 3.18. The summed E-state index contributed by atoms with van der Waals surface area (Å²) in [4.78, 5) is 11.0. The lowest BCUT2D eigenvalue weighted by Gasteiger charge is -2.33. The third-order valence-corrected chi connectivity index (χ3v) is 5.55. The number of hydrogen-bond donors (Lipinski definition) is 1. The van der Waals surface area contributed by atoms with Crippen molar-refractivity contribution < 1.29 is 22.0 Å². The van der Waals surface area contributed by atoms with Gasteiger partial charge in [0.1, 0.15) is 16.3 Å². The Kier molecular flexibility index (Phi) is 4.60. The quantitative estimate of drug-likeness (QED) is 0.790. The Labute approximate surface area is 133 Å². The van der Waals surface area contributed by atoms with Gasteiger partial charge in [0.05, 0.1) is 0 Å². The maximum atomic E-state index is 14.2. The van der Waals surface area contributed by atoms with Crippen LogP contribution in [0.15, 0.2) is 15.4 Å². The van der Waals surface area contributed by atoms with Crippen molar-refractivity contribution in [3.63, 3.8) is 0 Å². The average Bonchev–Trinajstić information content (AvgIpc) is 2.23. The Balaban J connectivity index is 2.41. The zero-order valence-corrected chi connectivity index (χ0v) is 13.9. The van der Waals surface area contributed by atoms with Gasteiger partial charge >= 0.3 is 0 Å². The van der Waals surface area contributed by atoms with Crippen molar-refractivity contribution >= 4 is 41.6 Å². The summed E-state index contributed by atoms with van der Waals surface area (Å²) in [7, 11) is 0.647. The Morgan fingerprint density at radius 3 is 2.48 bits per heavy atom. The van der Waals surface area contributed by atoms with Crippen LogP contribution in [0.4, 0.5) is 8.78 Å². The van der Waals surface area contributed by atoms with Crippen LogP contribution in [0, 0.1) is 17.6 Å². The highest BCUT2D eigenvalue weighted by atomic mass is 79.9. The molecule has 0 atom stereocenters. The van der Waals surface area contributed by atoms with Crippen LogP contribution in [0.25, 0.3) is 0 Å². The van der Waals surface area contributed by atoms with Crippen molar-refractivity contribution in [2.45, 2.75) is 30.7 Å². The molecule has 1 aromatic rings. The van der Waals surface area contributed by atoms with Gasteiger partial charge in [0.2, 0.25) is 0 Å². The van der Waals surface area contributed by atoms with Gasteiger partial charge in [0, 0.05) is 21.2 Å². The highest BCUT2D eigenvalue weighted by Gasteiger charge is 2.32. The Morgan fingerprint density at radius 1 is 1.43 bits per heavy atom. The number of carbonyl (C=O) groups is 1. The third-order valence-electron chi connectivity index (χ3n) is 3.31. The standard InChI is InChI=1S/C12H11BrClF2NO3S/c1-5-2-6(3-5)17-12(18)9-8(15)4-7(13)11(10(9)16)21(14,19)20/h4-6H,2-3H2,1H3,(H,17,18). The summed E-state index contributed by atoms with van der Waals surface area (Å²) in [5, 5.41) is 2.47. The highest BCUT2D eigenvalue weighted by molar-refractivity contribution is 9.10. The third kappa shape index (κ3) is 3.37. The van der Waals surface area contributed by atoms with Crippen LogP contribution in [0.1, 0.15) is 30.1 Å². The van der Waals surface area contributed by atoms with Crippen LogP contribution >= 0.6 is 26.6 Å². The lowest BCUT2D eigenvalue weighted by molar-refractivity contribution is 0.0886. The smallest absolute Gasteiger partial charge is 0.265 e. The molecule has 21 heavy (non-hydrogen) atoms. The number of nitrogens with one attached hydrogen (secondary N) is 1. The number of carbonyl (C=O) groups excluding carboxylic acids is 1. The summed E-state index contributed by atoms with van der Waals surface area (Å²) in [5.74, 6) is -3.21. The van der Waals surface area contributed by atoms with Gasteiger partial charge in [0.25, 0.3) is 15.0 Å². The lowest BCUT2D eigenvalue weighted by Crippen LogP contribution is -2.44. The van der Waals surface area contributed by atoms with Crippen molar-refractivity contribution in [2.75, 3.05) is 0 Å². The summed E-state index contributed by atoms with van der Waals surface area (Å²) in [6.45, 7) is 1.99. The molecule has 9 heteroatoms. The molecule has 1 saturated carbocycles. The predicted molar refractivity (Wildman–Crippen MR) is 76.7 cm³/mol. The number of hydrogen-bond acceptors (Lipinski definition) is 3. The summed E-state index contributed by atoms with van der Waals surface area (Å²) < 4.78 is 50.3. The largest absolute Gasteiger partial charge is 0.349 e. The van der Waals surface area contributed by atoms with Gasteiger partial charge in [-0.2, -0.15) is 0 Å². The lowest BCUT2D eigenvalue weighted by atomic mass is 9.82. The number of amides is 1. The number of rotatable bonds is 3. The number of benzene rings is 1. The number of halogens is 4. The van der Waals surface area contributed by atoms with Crippen LogP contribution in [-0.2, 0) is 9.05 Å². The first-order valence-electron chi connectivity index (χ1n) is 6.04. The van der Waals surface area contributed by atoms with Gasteiger partial charge in [0.15, 0.2) is 5.82 Å². The fourth-order valence-corrected chi connectivity index (χ4v) is 4.64. The molecule has 0 heterocycles. The highest BCUT2D eigenvalue weighted by Crippen LogP contribution is 2.32. The Hall–Kier alpha value is -0.730. The minimum atomic E-state index is -4.46. The fraction of sp³-hybridized carbons (Fsp3) is 0.417. The topological polar surface area (TPSA) is 63.2 Å². The molecule has 2 rings (SSSR count). The molecule has 0 saturated heterocycles. The maximum absolute atomic E-state index is 14.2. The van der Waals surface area contributed by atoms with Crippen molar-refractivity contribution in [2.24, 2.45) is 5.92 Å². The Morgan fingerprint density at radius 2 is 2.00 bits per heavy atom. The van der Waals surface area contributed by atoms with Crippen LogP contribution in [-0.4, -0.2) is 20.4 Å². The fourth-order valence-electron chi connectivity index (χ4n) is 2.28. The van der Waals surface area contributed by atoms with E-state index in [1.807, 2.05) is 6.92 Å². The van der Waals surface area contributed by atoms with E-state index in [9.17, 15) is 22.0 Å². The van der Waals surface area contributed by atoms with Gasteiger partial charge in [-0.1, -0.05) is 6.92 Å². The van der Waals surface area contributed by atoms with E-state index < -0.39 is 37.1 Å². The van der Waals surface area contributed by atoms with E-state index in [0.29, 0.717) is 24.8 Å². The van der Waals surface area contributed by atoms with Crippen LogP contribution in [0.5, 0.6) is 0 Å². The summed E-state index contributed by atoms with van der Waals surface area (Å²) in [6, 6.07) is 0.544. The van der Waals surface area contributed by atoms with E-state index in [1.165, 1.54) is 0 Å². The molecule has 1 aromatic carbocycles. The van der Waals surface area contributed by atoms with Crippen molar-refractivity contribution in [1.82, 2.24) is 5.32 Å². The summed E-state index contributed by atoms with van der Waals surface area (Å²) in [5.41, 5.74) is -0.947. The zero-order valence-electron chi connectivity index (χ0n) is 10.8. The minimum absolute atomic E-state index is 0.161. The molecule has 0 unspecified atom stereocenters. The van der Waals surface area contributed by atoms with E-state index in [-0.39, 0.29) is 10.5 Å². The van der Waals surface area contributed by atoms with Gasteiger partial charge in [-0.3, -0.25) is 4.79 Å². The van der Waals surface area contributed by atoms with E-state index in [1.54, 1.807) is 0 Å². The molecule has 0 aromatic heterocycles. The second-order valence-electron chi connectivity index (χ2n) is 5.04. The maximum Gasteiger partial charge on any atom is 0.265 e. The van der Waals surface area contributed by atoms with Crippen molar-refractivity contribution in [3.05, 3.63) is 27.7 Å². The Bertz CT molecular complexity index is 705. The van der Waals surface area contributed by atoms with Crippen LogP contribution in [0.3, 0.4) is 0 Å². The molecule has 1 fully saturated rings. The van der Waals surface area contributed by atoms with Crippen molar-refractivity contribution in [1.29, 1.82) is 0 Å². The molecule has 1 amide bonds. The van der Waals surface area contributed by atoms with Gasteiger partial charge < -0.3 is 5.32 Å². The molecule has 0 radical (unpaired) electrons. The first-order chi connectivity index (χ1) is 9.61. The van der Waals surface area contributed by atoms with Gasteiger partial charge in [-0.05, 0) is 40.8 Å². The van der Waals surface area contributed by atoms with Gasteiger partial charge in [-0.15, -0.1) is 0 Å². The van der Waals surface area contributed by atoms with Gasteiger partial charge in [-0.25, -0.2) is 17.2 Å². The van der Waals surface area contributed by atoms with E-state index >= 15 is 0 Å². The molecule has 1 aliphatic carbocycles. The SMILES string of the molecule is CC1CC(NC(=O)c2c(F)cc(Br)c(S(=O)(=O)Cl)c2F)C1. The average molecular weight is 403 g/mol. The molecule has 0 bridgehead atoms. The zero-order chi connectivity index (χ0) is 15.9. The normalized spacial score (nSPS) is 21.8. The van der Waals surface area contributed by atoms with Crippen LogP contribution in [0.2, 0.25) is 0 Å². The first kappa shape index (κ1) is 16.6. The monoisotopic (exact) mass is 401 g/mol. The molecular formula is C12H11BrClF2NO3S. The summed E-state index contributed by atoms with van der Waals surface area (Å²) >= 11 is 2.73. The molecule has 0 aliphatic heterocycles. The van der Waals surface area contributed by atoms with E-state index in [2.05, 4.69) is 21.2 Å². The first-order valence-corrected chi connectivity index (χ1v) is 9.14.